The molecule has 0 saturated carbocycles. The van der Waals surface area contributed by atoms with Crippen molar-refractivity contribution in [3.05, 3.63) is 33.8 Å². The normalized spacial score (nSPS) is 14.5. The van der Waals surface area contributed by atoms with Crippen LogP contribution < -0.4 is 5.73 Å². The molecule has 102 valence electrons. The molecule has 0 fully saturated rings. The Morgan fingerprint density at radius 2 is 2.00 bits per heavy atom. The molecule has 2 N–H and O–H groups in total. The summed E-state index contributed by atoms with van der Waals surface area (Å²) in [5.74, 6) is 0.762. The number of nitrogens with two attached hydrogens (primary N) is 1. The van der Waals surface area contributed by atoms with E-state index in [-0.39, 0.29) is 6.04 Å². The Morgan fingerprint density at radius 1 is 1.28 bits per heavy atom. The van der Waals surface area contributed by atoms with Gasteiger partial charge in [0.1, 0.15) is 0 Å². The zero-order valence-electron chi connectivity index (χ0n) is 11.9. The SMILES string of the molecule is CCCCC(CC)CC(N)c1cc(Br)ccc1C. The van der Waals surface area contributed by atoms with Crippen LogP contribution in [0.3, 0.4) is 0 Å². The topological polar surface area (TPSA) is 26.0 Å². The van der Waals surface area contributed by atoms with Crippen LogP contribution in [-0.4, -0.2) is 0 Å². The summed E-state index contributed by atoms with van der Waals surface area (Å²) in [6, 6.07) is 6.57. The fraction of sp³-hybridized carbons (Fsp3) is 0.625. The molecule has 0 aliphatic rings. The summed E-state index contributed by atoms with van der Waals surface area (Å²) in [7, 11) is 0. The van der Waals surface area contributed by atoms with E-state index in [9.17, 15) is 0 Å². The summed E-state index contributed by atoms with van der Waals surface area (Å²) in [6.07, 6.45) is 6.26. The Balaban J connectivity index is 2.67. The lowest BCUT2D eigenvalue weighted by Gasteiger charge is -2.21. The Hall–Kier alpha value is -0.340. The number of unbranched alkanes of at least 4 members (excludes halogenated alkanes) is 1. The molecule has 18 heavy (non-hydrogen) atoms. The highest BCUT2D eigenvalue weighted by Crippen LogP contribution is 2.28. The van der Waals surface area contributed by atoms with Crippen LogP contribution in [0.4, 0.5) is 0 Å². The van der Waals surface area contributed by atoms with Crippen molar-refractivity contribution in [1.82, 2.24) is 0 Å². The summed E-state index contributed by atoms with van der Waals surface area (Å²) in [6.45, 7) is 6.68. The average Bonchev–Trinajstić information content (AvgIpc) is 2.37. The van der Waals surface area contributed by atoms with Crippen molar-refractivity contribution < 1.29 is 0 Å². The van der Waals surface area contributed by atoms with Crippen molar-refractivity contribution in [2.24, 2.45) is 11.7 Å². The maximum absolute atomic E-state index is 6.39. The first kappa shape index (κ1) is 15.7. The molecule has 1 rings (SSSR count). The molecule has 0 heterocycles. The van der Waals surface area contributed by atoms with Crippen LogP contribution in [0.1, 0.15) is 63.1 Å². The lowest BCUT2D eigenvalue weighted by Crippen LogP contribution is -2.16. The number of hydrogen-bond acceptors (Lipinski definition) is 1. The predicted molar refractivity (Wildman–Crippen MR) is 83.7 cm³/mol. The molecule has 1 aromatic rings. The smallest absolute Gasteiger partial charge is 0.0300 e. The van der Waals surface area contributed by atoms with Gasteiger partial charge in [-0.05, 0) is 42.5 Å². The minimum Gasteiger partial charge on any atom is -0.324 e. The second kappa shape index (κ2) is 7.96. The van der Waals surface area contributed by atoms with Gasteiger partial charge in [-0.3, -0.25) is 0 Å². The van der Waals surface area contributed by atoms with Gasteiger partial charge >= 0.3 is 0 Å². The number of aryl methyl sites for hydroxylation is 1. The number of rotatable bonds is 7. The van der Waals surface area contributed by atoms with Gasteiger partial charge < -0.3 is 5.73 Å². The van der Waals surface area contributed by atoms with Crippen molar-refractivity contribution >= 4 is 15.9 Å². The molecular weight excluding hydrogens is 286 g/mol. The molecule has 1 nitrogen and oxygen atoms in total. The molecule has 0 saturated heterocycles. The molecule has 0 amide bonds. The standard InChI is InChI=1S/C16H26BrN/c1-4-6-7-13(5-2)10-16(18)15-11-14(17)9-8-12(15)3/h8-9,11,13,16H,4-7,10,18H2,1-3H3. The highest BCUT2D eigenvalue weighted by Gasteiger charge is 2.15. The highest BCUT2D eigenvalue weighted by molar-refractivity contribution is 9.10. The van der Waals surface area contributed by atoms with Crippen molar-refractivity contribution in [2.75, 3.05) is 0 Å². The molecule has 2 atom stereocenters. The second-order valence-electron chi connectivity index (χ2n) is 5.26. The minimum absolute atomic E-state index is 0.171. The lowest BCUT2D eigenvalue weighted by atomic mass is 9.88. The third-order valence-corrected chi connectivity index (χ3v) is 4.26. The van der Waals surface area contributed by atoms with Crippen LogP contribution >= 0.6 is 15.9 Å². The van der Waals surface area contributed by atoms with E-state index in [4.69, 9.17) is 5.73 Å². The average molecular weight is 312 g/mol. The van der Waals surface area contributed by atoms with Gasteiger partial charge in [-0.2, -0.15) is 0 Å². The van der Waals surface area contributed by atoms with E-state index in [1.807, 2.05) is 0 Å². The fourth-order valence-corrected chi connectivity index (χ4v) is 2.86. The first-order valence-corrected chi connectivity index (χ1v) is 7.89. The summed E-state index contributed by atoms with van der Waals surface area (Å²) in [5, 5.41) is 0. The van der Waals surface area contributed by atoms with Crippen molar-refractivity contribution in [2.45, 2.75) is 58.9 Å². The summed E-state index contributed by atoms with van der Waals surface area (Å²) < 4.78 is 1.13. The summed E-state index contributed by atoms with van der Waals surface area (Å²) in [4.78, 5) is 0. The van der Waals surface area contributed by atoms with Gasteiger partial charge in [-0.15, -0.1) is 0 Å². The molecule has 0 aliphatic carbocycles. The van der Waals surface area contributed by atoms with Gasteiger partial charge in [-0.25, -0.2) is 0 Å². The third kappa shape index (κ3) is 4.74. The first-order chi connectivity index (χ1) is 8.58. The molecule has 0 bridgehead atoms. The van der Waals surface area contributed by atoms with Crippen molar-refractivity contribution in [3.8, 4) is 0 Å². The van der Waals surface area contributed by atoms with E-state index in [0.29, 0.717) is 0 Å². The summed E-state index contributed by atoms with van der Waals surface area (Å²) >= 11 is 3.53. The molecule has 0 spiro atoms. The Labute approximate surface area is 120 Å². The molecule has 0 aliphatic heterocycles. The Kier molecular flexibility index (Phi) is 6.95. The van der Waals surface area contributed by atoms with Crippen LogP contribution in [0.15, 0.2) is 22.7 Å². The number of benzene rings is 1. The Bertz CT molecular complexity index is 362. The van der Waals surface area contributed by atoms with E-state index in [0.717, 1.165) is 16.8 Å². The zero-order valence-corrected chi connectivity index (χ0v) is 13.5. The fourth-order valence-electron chi connectivity index (χ4n) is 2.48. The van der Waals surface area contributed by atoms with Crippen LogP contribution in [-0.2, 0) is 0 Å². The van der Waals surface area contributed by atoms with E-state index in [2.05, 4.69) is 54.9 Å². The van der Waals surface area contributed by atoms with Gasteiger partial charge in [-0.1, -0.05) is 61.5 Å². The van der Waals surface area contributed by atoms with Gasteiger partial charge in [0.05, 0.1) is 0 Å². The van der Waals surface area contributed by atoms with Crippen LogP contribution in [0.2, 0.25) is 0 Å². The third-order valence-electron chi connectivity index (χ3n) is 3.77. The number of hydrogen-bond donors (Lipinski definition) is 1. The molecule has 0 radical (unpaired) electrons. The molecule has 0 aromatic heterocycles. The van der Waals surface area contributed by atoms with Crippen LogP contribution in [0.25, 0.3) is 0 Å². The molecular formula is C16H26BrN. The van der Waals surface area contributed by atoms with E-state index in [1.165, 1.54) is 36.8 Å². The van der Waals surface area contributed by atoms with E-state index >= 15 is 0 Å². The van der Waals surface area contributed by atoms with E-state index in [1.54, 1.807) is 0 Å². The first-order valence-electron chi connectivity index (χ1n) is 7.10. The zero-order chi connectivity index (χ0) is 13.5. The maximum Gasteiger partial charge on any atom is 0.0300 e. The summed E-state index contributed by atoms with van der Waals surface area (Å²) in [5.41, 5.74) is 8.99. The van der Waals surface area contributed by atoms with Gasteiger partial charge in [0.25, 0.3) is 0 Å². The quantitative estimate of drug-likeness (QED) is 0.720. The lowest BCUT2D eigenvalue weighted by molar-refractivity contribution is 0.388. The van der Waals surface area contributed by atoms with Gasteiger partial charge in [0.2, 0.25) is 0 Å². The van der Waals surface area contributed by atoms with E-state index < -0.39 is 0 Å². The predicted octanol–water partition coefficient (Wildman–Crippen LogP) is 5.36. The van der Waals surface area contributed by atoms with Crippen LogP contribution in [0, 0.1) is 12.8 Å². The molecule has 1 aromatic carbocycles. The van der Waals surface area contributed by atoms with Crippen LogP contribution in [0.5, 0.6) is 0 Å². The Morgan fingerprint density at radius 3 is 2.61 bits per heavy atom. The monoisotopic (exact) mass is 311 g/mol. The molecule has 2 unspecified atom stereocenters. The number of halogens is 1. The minimum atomic E-state index is 0.171. The highest BCUT2D eigenvalue weighted by atomic mass is 79.9. The van der Waals surface area contributed by atoms with Crippen molar-refractivity contribution in [3.63, 3.8) is 0 Å². The molecule has 2 heteroatoms. The second-order valence-corrected chi connectivity index (χ2v) is 6.18. The largest absolute Gasteiger partial charge is 0.324 e. The maximum atomic E-state index is 6.39. The van der Waals surface area contributed by atoms with Crippen molar-refractivity contribution in [1.29, 1.82) is 0 Å². The van der Waals surface area contributed by atoms with Gasteiger partial charge in [0.15, 0.2) is 0 Å². The van der Waals surface area contributed by atoms with Gasteiger partial charge in [0, 0.05) is 10.5 Å².